The van der Waals surface area contributed by atoms with E-state index in [0.29, 0.717) is 12.4 Å². The molecule has 1 aromatic heterocycles. The van der Waals surface area contributed by atoms with Gasteiger partial charge in [-0.15, -0.1) is 11.3 Å². The van der Waals surface area contributed by atoms with Crippen molar-refractivity contribution >= 4 is 17.1 Å². The minimum absolute atomic E-state index is 0.649. The van der Waals surface area contributed by atoms with Crippen LogP contribution in [0, 0.1) is 0 Å². The van der Waals surface area contributed by atoms with Gasteiger partial charge in [0.25, 0.3) is 0 Å². The summed E-state index contributed by atoms with van der Waals surface area (Å²) in [4.78, 5) is 4.03. The first-order valence-electron chi connectivity index (χ1n) is 3.05. The van der Waals surface area contributed by atoms with Crippen molar-refractivity contribution in [2.75, 3.05) is 6.61 Å². The van der Waals surface area contributed by atoms with Crippen LogP contribution in [0.3, 0.4) is 0 Å². The molecule has 3 heteroatoms. The molecule has 1 aromatic rings. The van der Waals surface area contributed by atoms with Gasteiger partial charge >= 0.3 is 0 Å². The Morgan fingerprint density at radius 1 is 1.90 bits per heavy atom. The zero-order valence-corrected chi connectivity index (χ0v) is 6.65. The molecule has 54 valence electrons. The Bertz CT molecular complexity index is 205. The van der Waals surface area contributed by atoms with Gasteiger partial charge in [-0.2, -0.15) is 0 Å². The van der Waals surface area contributed by atoms with Gasteiger partial charge in [0.05, 0.1) is 12.1 Å². The highest BCUT2D eigenvalue weighted by Crippen LogP contribution is 2.12. The zero-order chi connectivity index (χ0) is 7.40. The number of aromatic nitrogens is 1. The first-order valence-corrected chi connectivity index (χ1v) is 3.99. The third-order valence-corrected chi connectivity index (χ3v) is 1.62. The van der Waals surface area contributed by atoms with Crippen LogP contribution < -0.4 is 0 Å². The number of nitrogens with zero attached hydrogens (tertiary/aromatic N) is 1. The summed E-state index contributed by atoms with van der Waals surface area (Å²) >= 11 is 1.54. The highest BCUT2D eigenvalue weighted by molar-refractivity contribution is 7.07. The Hall–Kier alpha value is -0.830. The molecular formula is C7H9NOS. The maximum absolute atomic E-state index is 5.14. The van der Waals surface area contributed by atoms with E-state index in [4.69, 9.17) is 4.74 Å². The van der Waals surface area contributed by atoms with Crippen LogP contribution in [-0.2, 0) is 4.74 Å². The van der Waals surface area contributed by atoms with Crippen LogP contribution in [0.5, 0.6) is 0 Å². The Morgan fingerprint density at radius 2 is 2.70 bits per heavy atom. The van der Waals surface area contributed by atoms with Gasteiger partial charge in [-0.25, -0.2) is 4.98 Å². The molecule has 0 saturated carbocycles. The lowest BCUT2D eigenvalue weighted by atomic mass is 10.4. The van der Waals surface area contributed by atoms with Crippen molar-refractivity contribution in [3.8, 4) is 0 Å². The lowest BCUT2D eigenvalue weighted by Crippen LogP contribution is -1.88. The first-order chi connectivity index (χ1) is 4.84. The number of hydrogen-bond acceptors (Lipinski definition) is 3. The van der Waals surface area contributed by atoms with Crippen molar-refractivity contribution in [3.63, 3.8) is 0 Å². The predicted octanol–water partition coefficient (Wildman–Crippen LogP) is 2.15. The fourth-order valence-electron chi connectivity index (χ4n) is 0.598. The highest BCUT2D eigenvalue weighted by Gasteiger charge is 1.98. The fraction of sp³-hybridized carbons (Fsp3) is 0.286. The van der Waals surface area contributed by atoms with Crippen LogP contribution in [0.25, 0.3) is 5.76 Å². The van der Waals surface area contributed by atoms with Crippen molar-refractivity contribution in [2.45, 2.75) is 6.92 Å². The first kappa shape index (κ1) is 7.28. The van der Waals surface area contributed by atoms with Crippen molar-refractivity contribution in [3.05, 3.63) is 23.2 Å². The van der Waals surface area contributed by atoms with E-state index >= 15 is 0 Å². The monoisotopic (exact) mass is 155 g/mol. The fourth-order valence-corrected chi connectivity index (χ4v) is 1.15. The van der Waals surface area contributed by atoms with E-state index in [2.05, 4.69) is 11.6 Å². The Balaban J connectivity index is 2.59. The van der Waals surface area contributed by atoms with Crippen molar-refractivity contribution in [2.24, 2.45) is 0 Å². The number of rotatable bonds is 3. The molecule has 0 saturated heterocycles. The summed E-state index contributed by atoms with van der Waals surface area (Å²) in [5.41, 5.74) is 2.60. The highest BCUT2D eigenvalue weighted by atomic mass is 32.1. The molecule has 0 aliphatic carbocycles. The van der Waals surface area contributed by atoms with Crippen molar-refractivity contribution in [1.82, 2.24) is 4.98 Å². The Morgan fingerprint density at radius 3 is 3.20 bits per heavy atom. The van der Waals surface area contributed by atoms with E-state index in [1.807, 2.05) is 12.3 Å². The Labute approximate surface area is 64.2 Å². The quantitative estimate of drug-likeness (QED) is 0.624. The largest absolute Gasteiger partial charge is 0.492 e. The molecule has 0 atom stereocenters. The van der Waals surface area contributed by atoms with E-state index < -0.39 is 0 Å². The van der Waals surface area contributed by atoms with Crippen LogP contribution >= 0.6 is 11.3 Å². The summed E-state index contributed by atoms with van der Waals surface area (Å²) in [6.45, 7) is 6.29. The SMILES string of the molecule is C=C(OCC)c1cscn1. The van der Waals surface area contributed by atoms with Crippen LogP contribution in [0.4, 0.5) is 0 Å². The van der Waals surface area contributed by atoms with Gasteiger partial charge in [0, 0.05) is 5.38 Å². The summed E-state index contributed by atoms with van der Waals surface area (Å²) in [7, 11) is 0. The standard InChI is InChI=1S/C7H9NOS/c1-3-9-6(2)7-4-10-5-8-7/h4-5H,2-3H2,1H3. The molecular weight excluding hydrogens is 146 g/mol. The molecule has 0 unspecified atom stereocenters. The second-order valence-electron chi connectivity index (χ2n) is 1.73. The summed E-state index contributed by atoms with van der Waals surface area (Å²) in [5.74, 6) is 0.656. The van der Waals surface area contributed by atoms with Crippen molar-refractivity contribution < 1.29 is 4.74 Å². The van der Waals surface area contributed by atoms with Gasteiger partial charge in [-0.1, -0.05) is 6.58 Å². The average Bonchev–Trinajstić information content (AvgIpc) is 2.38. The molecule has 0 aliphatic heterocycles. The smallest absolute Gasteiger partial charge is 0.138 e. The third kappa shape index (κ3) is 1.57. The predicted molar refractivity (Wildman–Crippen MR) is 42.8 cm³/mol. The summed E-state index contributed by atoms with van der Waals surface area (Å²) in [6, 6.07) is 0. The van der Waals surface area contributed by atoms with Crippen LogP contribution in [0.15, 0.2) is 17.5 Å². The molecule has 0 aromatic carbocycles. The minimum atomic E-state index is 0.649. The van der Waals surface area contributed by atoms with Gasteiger partial charge in [0.2, 0.25) is 0 Å². The molecule has 0 spiro atoms. The maximum Gasteiger partial charge on any atom is 0.138 e. The van der Waals surface area contributed by atoms with Gasteiger partial charge < -0.3 is 4.74 Å². The third-order valence-electron chi connectivity index (χ3n) is 1.04. The molecule has 0 bridgehead atoms. The summed E-state index contributed by atoms with van der Waals surface area (Å²) < 4.78 is 5.14. The van der Waals surface area contributed by atoms with Gasteiger partial charge in [-0.05, 0) is 6.92 Å². The Kier molecular flexibility index (Phi) is 2.45. The molecule has 2 nitrogen and oxygen atoms in total. The van der Waals surface area contributed by atoms with Crippen LogP contribution in [-0.4, -0.2) is 11.6 Å². The molecule has 0 fully saturated rings. The molecule has 0 N–H and O–H groups in total. The van der Waals surface area contributed by atoms with Gasteiger partial charge in [-0.3, -0.25) is 0 Å². The van der Waals surface area contributed by atoms with E-state index in [9.17, 15) is 0 Å². The number of ether oxygens (including phenoxy) is 1. The van der Waals surface area contributed by atoms with Gasteiger partial charge in [0.1, 0.15) is 11.5 Å². The molecule has 10 heavy (non-hydrogen) atoms. The molecule has 1 heterocycles. The van der Waals surface area contributed by atoms with E-state index in [1.54, 1.807) is 16.8 Å². The average molecular weight is 155 g/mol. The van der Waals surface area contributed by atoms with E-state index in [-0.39, 0.29) is 0 Å². The topological polar surface area (TPSA) is 22.1 Å². The molecule has 0 radical (unpaired) electrons. The number of hydrogen-bond donors (Lipinski definition) is 0. The minimum Gasteiger partial charge on any atom is -0.492 e. The lowest BCUT2D eigenvalue weighted by Gasteiger charge is -2.01. The lowest BCUT2D eigenvalue weighted by molar-refractivity contribution is 0.298. The summed E-state index contributed by atoms with van der Waals surface area (Å²) in [5, 5.41) is 1.91. The molecule has 0 aliphatic rings. The second-order valence-corrected chi connectivity index (χ2v) is 2.45. The maximum atomic E-state index is 5.14. The van der Waals surface area contributed by atoms with E-state index in [0.717, 1.165) is 5.69 Å². The van der Waals surface area contributed by atoms with Crippen LogP contribution in [0.2, 0.25) is 0 Å². The number of thiazole rings is 1. The summed E-state index contributed by atoms with van der Waals surface area (Å²) in [6.07, 6.45) is 0. The van der Waals surface area contributed by atoms with Crippen molar-refractivity contribution in [1.29, 1.82) is 0 Å². The normalized spacial score (nSPS) is 9.30. The molecule has 1 rings (SSSR count). The zero-order valence-electron chi connectivity index (χ0n) is 5.83. The second kappa shape index (κ2) is 3.37. The molecule has 0 amide bonds. The van der Waals surface area contributed by atoms with Gasteiger partial charge in [0.15, 0.2) is 0 Å². The van der Waals surface area contributed by atoms with E-state index in [1.165, 1.54) is 0 Å². The van der Waals surface area contributed by atoms with Crippen LogP contribution in [0.1, 0.15) is 12.6 Å².